The number of rotatable bonds is 4. The van der Waals surface area contributed by atoms with Gasteiger partial charge in [-0.2, -0.15) is 0 Å². The van der Waals surface area contributed by atoms with Gasteiger partial charge in [0.1, 0.15) is 17.3 Å². The lowest BCUT2D eigenvalue weighted by molar-refractivity contribution is -0.141. The second-order valence-electron chi connectivity index (χ2n) is 8.71. The first kappa shape index (κ1) is 22.1. The van der Waals surface area contributed by atoms with Gasteiger partial charge in [-0.15, -0.1) is 0 Å². The van der Waals surface area contributed by atoms with Crippen molar-refractivity contribution >= 4 is 17.4 Å². The molecule has 0 bridgehead atoms. The minimum absolute atomic E-state index is 0.0236. The maximum atomic E-state index is 13.7. The molecule has 1 saturated carbocycles. The molecule has 2 aliphatic rings. The van der Waals surface area contributed by atoms with E-state index in [-0.39, 0.29) is 17.4 Å². The van der Waals surface area contributed by atoms with Crippen LogP contribution < -0.4 is 4.74 Å². The zero-order valence-corrected chi connectivity index (χ0v) is 18.7. The molecule has 5 nitrogen and oxygen atoms in total. The molecule has 2 fully saturated rings. The highest BCUT2D eigenvalue weighted by atomic mass is 19.1. The van der Waals surface area contributed by atoms with Crippen LogP contribution in [0.25, 0.3) is 5.76 Å². The third kappa shape index (κ3) is 3.78. The van der Waals surface area contributed by atoms with Crippen LogP contribution in [0.1, 0.15) is 60.4 Å². The van der Waals surface area contributed by atoms with Gasteiger partial charge >= 0.3 is 0 Å². The van der Waals surface area contributed by atoms with Crippen LogP contribution in [0, 0.1) is 19.7 Å². The Kier molecular flexibility index (Phi) is 6.04. The molecule has 2 aromatic carbocycles. The fourth-order valence-electron chi connectivity index (χ4n) is 5.10. The van der Waals surface area contributed by atoms with Gasteiger partial charge in [0, 0.05) is 6.04 Å². The monoisotopic (exact) mass is 437 g/mol. The lowest BCUT2D eigenvalue weighted by Crippen LogP contribution is -2.40. The first-order valence-electron chi connectivity index (χ1n) is 11.0. The summed E-state index contributed by atoms with van der Waals surface area (Å²) in [6.45, 7) is 3.75. The number of likely N-dealkylation sites (tertiary alicyclic amines) is 1. The maximum Gasteiger partial charge on any atom is 0.295 e. The van der Waals surface area contributed by atoms with Gasteiger partial charge in [0.15, 0.2) is 0 Å². The van der Waals surface area contributed by atoms with Crippen molar-refractivity contribution in [1.29, 1.82) is 0 Å². The van der Waals surface area contributed by atoms with E-state index in [1.807, 2.05) is 19.9 Å². The van der Waals surface area contributed by atoms with Crippen LogP contribution in [0.4, 0.5) is 4.39 Å². The van der Waals surface area contributed by atoms with Crippen LogP contribution in [0.5, 0.6) is 5.75 Å². The van der Waals surface area contributed by atoms with E-state index in [4.69, 9.17) is 4.74 Å². The largest absolute Gasteiger partial charge is 0.507 e. The van der Waals surface area contributed by atoms with Gasteiger partial charge in [0.05, 0.1) is 24.3 Å². The van der Waals surface area contributed by atoms with E-state index in [1.54, 1.807) is 23.1 Å². The summed E-state index contributed by atoms with van der Waals surface area (Å²) in [7, 11) is 1.51. The van der Waals surface area contributed by atoms with Crippen LogP contribution in [0.3, 0.4) is 0 Å². The zero-order chi connectivity index (χ0) is 23.0. The van der Waals surface area contributed by atoms with Gasteiger partial charge < -0.3 is 14.7 Å². The molecule has 1 heterocycles. The molecule has 4 rings (SSSR count). The summed E-state index contributed by atoms with van der Waals surface area (Å²) >= 11 is 0. The van der Waals surface area contributed by atoms with Crippen LogP contribution in [-0.2, 0) is 9.59 Å². The fraction of sp³-hybridized carbons (Fsp3) is 0.385. The average molecular weight is 438 g/mol. The number of carbonyl (C=O) groups excluding carboxylic acids is 2. The van der Waals surface area contributed by atoms with Crippen LogP contribution >= 0.6 is 0 Å². The molecule has 1 unspecified atom stereocenters. The van der Waals surface area contributed by atoms with Gasteiger partial charge in [-0.25, -0.2) is 4.39 Å². The van der Waals surface area contributed by atoms with Crippen LogP contribution in [-0.4, -0.2) is 34.8 Å². The second-order valence-corrected chi connectivity index (χ2v) is 8.71. The number of ketones is 1. The van der Waals surface area contributed by atoms with E-state index < -0.39 is 23.5 Å². The standard InChI is InChI=1S/C26H28FNO4/c1-15-13-16(2)25(32-3)20(14-15)23(29)21-22(17-9-11-18(27)12-10-17)28(26(31)24(21)30)19-7-5-4-6-8-19/h9-14,19,22,29H,4-8H2,1-3H3/b23-21+. The molecular formula is C26H28FNO4. The second kappa shape index (κ2) is 8.77. The molecule has 1 atom stereocenters. The number of amides is 1. The van der Waals surface area contributed by atoms with Crippen LogP contribution in [0.15, 0.2) is 42.0 Å². The minimum atomic E-state index is -0.774. The third-order valence-corrected chi connectivity index (χ3v) is 6.51. The molecule has 6 heteroatoms. The van der Waals surface area contributed by atoms with Crippen molar-refractivity contribution in [3.05, 3.63) is 70.0 Å². The molecule has 2 aromatic rings. The van der Waals surface area contributed by atoms with Crippen molar-refractivity contribution in [3.63, 3.8) is 0 Å². The molecule has 1 saturated heterocycles. The first-order valence-corrected chi connectivity index (χ1v) is 11.0. The molecule has 0 radical (unpaired) electrons. The van der Waals surface area contributed by atoms with E-state index in [0.29, 0.717) is 16.9 Å². The number of aliphatic hydroxyl groups is 1. The fourth-order valence-corrected chi connectivity index (χ4v) is 5.10. The molecule has 0 spiro atoms. The average Bonchev–Trinajstić information content (AvgIpc) is 3.04. The predicted molar refractivity (Wildman–Crippen MR) is 120 cm³/mol. The van der Waals surface area contributed by atoms with E-state index in [9.17, 15) is 19.1 Å². The number of hydrogen-bond donors (Lipinski definition) is 1. The Bertz CT molecular complexity index is 1080. The Hall–Kier alpha value is -3.15. The number of halogens is 1. The quantitative estimate of drug-likeness (QED) is 0.405. The third-order valence-electron chi connectivity index (χ3n) is 6.51. The minimum Gasteiger partial charge on any atom is -0.507 e. The lowest BCUT2D eigenvalue weighted by Gasteiger charge is -2.35. The number of aryl methyl sites for hydroxylation is 2. The Balaban J connectivity index is 1.93. The topological polar surface area (TPSA) is 66.8 Å². The number of carbonyl (C=O) groups is 2. The van der Waals surface area contributed by atoms with E-state index in [1.165, 1.54) is 19.2 Å². The highest BCUT2D eigenvalue weighted by molar-refractivity contribution is 6.46. The van der Waals surface area contributed by atoms with E-state index >= 15 is 0 Å². The van der Waals surface area contributed by atoms with Crippen molar-refractivity contribution in [1.82, 2.24) is 4.90 Å². The van der Waals surface area contributed by atoms with Crippen molar-refractivity contribution in [2.45, 2.75) is 58.0 Å². The number of aliphatic hydroxyl groups excluding tert-OH is 1. The van der Waals surface area contributed by atoms with Crippen molar-refractivity contribution in [2.75, 3.05) is 7.11 Å². The molecule has 1 aliphatic carbocycles. The number of Topliss-reactive ketones (excluding diaryl/α,β-unsaturated/α-hetero) is 1. The zero-order valence-electron chi connectivity index (χ0n) is 18.7. The number of hydrogen-bond acceptors (Lipinski definition) is 4. The Morgan fingerprint density at radius 1 is 1.06 bits per heavy atom. The molecule has 1 amide bonds. The number of ether oxygens (including phenoxy) is 1. The summed E-state index contributed by atoms with van der Waals surface area (Å²) in [4.78, 5) is 28.1. The Morgan fingerprint density at radius 3 is 2.34 bits per heavy atom. The summed E-state index contributed by atoms with van der Waals surface area (Å²) in [6, 6.07) is 8.58. The van der Waals surface area contributed by atoms with Crippen LogP contribution in [0.2, 0.25) is 0 Å². The predicted octanol–water partition coefficient (Wildman–Crippen LogP) is 5.21. The summed E-state index contributed by atoms with van der Waals surface area (Å²) < 4.78 is 19.2. The first-order chi connectivity index (χ1) is 15.3. The molecule has 1 aliphatic heterocycles. The molecule has 1 N–H and O–H groups in total. The highest BCUT2D eigenvalue weighted by Crippen LogP contribution is 2.44. The summed E-state index contributed by atoms with van der Waals surface area (Å²) in [5, 5.41) is 11.4. The maximum absolute atomic E-state index is 13.7. The van der Waals surface area contributed by atoms with Gasteiger partial charge in [-0.1, -0.05) is 37.5 Å². The molecular weight excluding hydrogens is 409 g/mol. The van der Waals surface area contributed by atoms with E-state index in [0.717, 1.165) is 43.2 Å². The van der Waals surface area contributed by atoms with Gasteiger partial charge in [0.25, 0.3) is 11.7 Å². The van der Waals surface area contributed by atoms with Gasteiger partial charge in [0.2, 0.25) is 0 Å². The van der Waals surface area contributed by atoms with Crippen molar-refractivity contribution < 1.29 is 23.8 Å². The number of nitrogens with zero attached hydrogens (tertiary/aromatic N) is 1. The lowest BCUT2D eigenvalue weighted by atomic mass is 9.90. The summed E-state index contributed by atoms with van der Waals surface area (Å²) in [5.74, 6) is -1.55. The number of benzene rings is 2. The van der Waals surface area contributed by atoms with E-state index in [2.05, 4.69) is 0 Å². The summed E-state index contributed by atoms with van der Waals surface area (Å²) in [6.07, 6.45) is 4.67. The Labute approximate surface area is 187 Å². The molecule has 168 valence electrons. The SMILES string of the molecule is COc1c(C)cc(C)cc1/C(O)=C1\C(=O)C(=O)N(C2CCCCC2)C1c1ccc(F)cc1. The van der Waals surface area contributed by atoms with Gasteiger partial charge in [-0.3, -0.25) is 9.59 Å². The highest BCUT2D eigenvalue weighted by Gasteiger charge is 2.49. The normalized spacial score (nSPS) is 21.2. The van der Waals surface area contributed by atoms with Crippen molar-refractivity contribution in [3.8, 4) is 5.75 Å². The Morgan fingerprint density at radius 2 is 1.72 bits per heavy atom. The van der Waals surface area contributed by atoms with Gasteiger partial charge in [-0.05, 0) is 61.6 Å². The smallest absolute Gasteiger partial charge is 0.295 e. The number of methoxy groups -OCH3 is 1. The molecule has 32 heavy (non-hydrogen) atoms. The van der Waals surface area contributed by atoms with Crippen molar-refractivity contribution in [2.24, 2.45) is 0 Å². The summed E-state index contributed by atoms with van der Waals surface area (Å²) in [5.41, 5.74) is 2.70. The molecule has 0 aromatic heterocycles.